The minimum Gasteiger partial charge on any atom is -0.486 e. The lowest BCUT2D eigenvalue weighted by atomic mass is 9.88. The van der Waals surface area contributed by atoms with Gasteiger partial charge in [0.1, 0.15) is 13.2 Å². The number of benzene rings is 2. The van der Waals surface area contributed by atoms with Gasteiger partial charge in [-0.05, 0) is 71.2 Å². The van der Waals surface area contributed by atoms with Crippen molar-refractivity contribution in [3.05, 3.63) is 46.5 Å². The first-order valence-electron chi connectivity index (χ1n) is 8.46. The molecule has 2 aromatic carbocycles. The molecule has 0 spiro atoms. The van der Waals surface area contributed by atoms with Crippen LogP contribution in [0.1, 0.15) is 48.4 Å². The van der Waals surface area contributed by atoms with Crippen LogP contribution in [-0.4, -0.2) is 13.2 Å². The number of nitrogens with two attached hydrogens (primary N) is 1. The largest absolute Gasteiger partial charge is 0.486 e. The van der Waals surface area contributed by atoms with Crippen molar-refractivity contribution in [2.75, 3.05) is 13.2 Å². The smallest absolute Gasteiger partial charge is 0.162 e. The van der Waals surface area contributed by atoms with Crippen molar-refractivity contribution in [2.24, 2.45) is 5.73 Å². The minimum atomic E-state index is -0.474. The summed E-state index contributed by atoms with van der Waals surface area (Å²) in [5.41, 5.74) is 14.1. The number of fused-ring (bicyclic) bond motifs is 5. The van der Waals surface area contributed by atoms with E-state index in [-0.39, 0.29) is 0 Å². The van der Waals surface area contributed by atoms with Gasteiger partial charge >= 0.3 is 0 Å². The van der Waals surface area contributed by atoms with Crippen molar-refractivity contribution in [3.8, 4) is 22.6 Å². The molecule has 3 heteroatoms. The number of rotatable bonds is 0. The van der Waals surface area contributed by atoms with Crippen LogP contribution in [0.25, 0.3) is 11.1 Å². The van der Waals surface area contributed by atoms with E-state index in [0.29, 0.717) is 19.1 Å². The van der Waals surface area contributed by atoms with Crippen molar-refractivity contribution in [3.63, 3.8) is 0 Å². The van der Waals surface area contributed by atoms with Gasteiger partial charge in [0.25, 0.3) is 0 Å². The fourth-order valence-electron chi connectivity index (χ4n) is 4.40. The van der Waals surface area contributed by atoms with E-state index < -0.39 is 5.54 Å². The lowest BCUT2D eigenvalue weighted by molar-refractivity contribution is 0.171. The molecular weight excluding hydrogens is 286 g/mol. The van der Waals surface area contributed by atoms with Crippen molar-refractivity contribution in [1.29, 1.82) is 0 Å². The van der Waals surface area contributed by atoms with Crippen molar-refractivity contribution in [1.82, 2.24) is 0 Å². The highest BCUT2D eigenvalue weighted by atomic mass is 16.6. The number of hydrogen-bond acceptors (Lipinski definition) is 3. The summed E-state index contributed by atoms with van der Waals surface area (Å²) in [6.07, 6.45) is 2.42. The lowest BCUT2D eigenvalue weighted by Crippen LogP contribution is -2.32. The highest BCUT2D eigenvalue weighted by Crippen LogP contribution is 2.52. The van der Waals surface area contributed by atoms with Crippen molar-refractivity contribution < 1.29 is 9.47 Å². The molecule has 2 N–H and O–H groups in total. The van der Waals surface area contributed by atoms with Gasteiger partial charge in [-0.25, -0.2) is 0 Å². The zero-order valence-electron chi connectivity index (χ0n) is 13.6. The Morgan fingerprint density at radius 1 is 1.00 bits per heavy atom. The van der Waals surface area contributed by atoms with E-state index in [1.807, 2.05) is 0 Å². The predicted octanol–water partition coefficient (Wildman–Crippen LogP) is 3.71. The lowest BCUT2D eigenvalue weighted by Gasteiger charge is -2.24. The molecule has 2 atom stereocenters. The number of ether oxygens (including phenoxy) is 2. The van der Waals surface area contributed by atoms with Gasteiger partial charge in [-0.1, -0.05) is 19.1 Å². The molecule has 2 aromatic rings. The minimum absolute atomic E-state index is 0.474. The van der Waals surface area contributed by atoms with E-state index >= 15 is 0 Å². The summed E-state index contributed by atoms with van der Waals surface area (Å²) < 4.78 is 11.5. The Balaban J connectivity index is 1.78. The van der Waals surface area contributed by atoms with Crippen LogP contribution in [0.3, 0.4) is 0 Å². The molecule has 0 aromatic heterocycles. The van der Waals surface area contributed by atoms with Gasteiger partial charge in [-0.3, -0.25) is 0 Å². The van der Waals surface area contributed by atoms with E-state index in [4.69, 9.17) is 15.2 Å². The van der Waals surface area contributed by atoms with Crippen molar-refractivity contribution in [2.45, 2.75) is 38.1 Å². The first kappa shape index (κ1) is 13.4. The van der Waals surface area contributed by atoms with Gasteiger partial charge in [-0.2, -0.15) is 0 Å². The van der Waals surface area contributed by atoms with Crippen LogP contribution in [0, 0.1) is 0 Å². The fourth-order valence-corrected chi connectivity index (χ4v) is 4.40. The Morgan fingerprint density at radius 2 is 1.65 bits per heavy atom. The van der Waals surface area contributed by atoms with E-state index in [1.54, 1.807) is 0 Å². The van der Waals surface area contributed by atoms with Gasteiger partial charge < -0.3 is 15.2 Å². The highest BCUT2D eigenvalue weighted by molar-refractivity contribution is 5.84. The quantitative estimate of drug-likeness (QED) is 0.807. The fraction of sp³-hybridized carbons (Fsp3) is 0.400. The summed E-state index contributed by atoms with van der Waals surface area (Å²) in [5.74, 6) is 2.29. The second-order valence-corrected chi connectivity index (χ2v) is 7.28. The topological polar surface area (TPSA) is 44.5 Å². The first-order valence-corrected chi connectivity index (χ1v) is 8.46. The molecule has 0 bridgehead atoms. The molecule has 0 radical (unpaired) electrons. The van der Waals surface area contributed by atoms with Crippen LogP contribution in [0.15, 0.2) is 24.3 Å². The van der Waals surface area contributed by atoms with Gasteiger partial charge in [-0.15, -0.1) is 0 Å². The Labute approximate surface area is 136 Å². The van der Waals surface area contributed by atoms with Gasteiger partial charge in [0.15, 0.2) is 11.5 Å². The zero-order valence-corrected chi connectivity index (χ0v) is 13.6. The molecule has 1 aliphatic heterocycles. The molecule has 118 valence electrons. The monoisotopic (exact) mass is 307 g/mol. The zero-order chi connectivity index (χ0) is 15.8. The van der Waals surface area contributed by atoms with Crippen LogP contribution >= 0.6 is 0 Å². The Kier molecular flexibility index (Phi) is 2.51. The average Bonchev–Trinajstić information content (AvgIpc) is 3.02. The molecule has 0 amide bonds. The van der Waals surface area contributed by atoms with Crippen molar-refractivity contribution >= 4 is 0 Å². The first-order chi connectivity index (χ1) is 11.1. The predicted molar refractivity (Wildman–Crippen MR) is 90.2 cm³/mol. The molecule has 0 saturated heterocycles. The van der Waals surface area contributed by atoms with Crippen LogP contribution in [0.4, 0.5) is 0 Å². The Hall–Kier alpha value is -2.00. The van der Waals surface area contributed by atoms with Crippen LogP contribution in [0.5, 0.6) is 11.5 Å². The molecule has 2 aliphatic carbocycles. The second-order valence-electron chi connectivity index (χ2n) is 7.28. The third-order valence-electron chi connectivity index (χ3n) is 5.75. The van der Waals surface area contributed by atoms with Gasteiger partial charge in [0.2, 0.25) is 0 Å². The van der Waals surface area contributed by atoms with E-state index in [1.165, 1.54) is 40.7 Å². The summed E-state index contributed by atoms with van der Waals surface area (Å²) in [6.45, 7) is 5.64. The summed E-state index contributed by atoms with van der Waals surface area (Å²) in [5, 5.41) is 0. The van der Waals surface area contributed by atoms with E-state index in [0.717, 1.165) is 17.1 Å². The highest BCUT2D eigenvalue weighted by Gasteiger charge is 2.39. The van der Waals surface area contributed by atoms with E-state index in [9.17, 15) is 0 Å². The SMILES string of the molecule is CC1CCc2cc3c(cc21)C(C)(N)c1cc2c(cc1-3)OCCO2. The average molecular weight is 307 g/mol. The van der Waals surface area contributed by atoms with Crippen LogP contribution in [0.2, 0.25) is 0 Å². The summed E-state index contributed by atoms with van der Waals surface area (Å²) in [4.78, 5) is 0. The maximum absolute atomic E-state index is 6.78. The number of hydrogen-bond donors (Lipinski definition) is 1. The van der Waals surface area contributed by atoms with Gasteiger partial charge in [0, 0.05) is 0 Å². The molecule has 3 aliphatic rings. The maximum Gasteiger partial charge on any atom is 0.162 e. The van der Waals surface area contributed by atoms with Crippen LogP contribution in [-0.2, 0) is 12.0 Å². The molecule has 0 fully saturated rings. The molecular formula is C20H21NO2. The molecule has 5 rings (SSSR count). The maximum atomic E-state index is 6.78. The molecule has 1 heterocycles. The molecule has 2 unspecified atom stereocenters. The van der Waals surface area contributed by atoms with Gasteiger partial charge in [0.05, 0.1) is 5.54 Å². The standard InChI is InChI=1S/C20H21NO2/c1-11-3-4-12-7-14-15-9-18-19(23-6-5-22-18)10-17(15)20(2,21)16(14)8-13(11)12/h7-11H,3-6,21H2,1-2H3. The normalized spacial score (nSPS) is 26.7. The Morgan fingerprint density at radius 3 is 2.43 bits per heavy atom. The molecule has 3 nitrogen and oxygen atoms in total. The third-order valence-corrected chi connectivity index (χ3v) is 5.75. The van der Waals surface area contributed by atoms with E-state index in [2.05, 4.69) is 38.1 Å². The van der Waals surface area contributed by atoms with Crippen LogP contribution < -0.4 is 15.2 Å². The number of aryl methyl sites for hydroxylation is 1. The Bertz CT molecular complexity index is 829. The molecule has 23 heavy (non-hydrogen) atoms. The summed E-state index contributed by atoms with van der Waals surface area (Å²) in [7, 11) is 0. The third kappa shape index (κ3) is 1.69. The summed E-state index contributed by atoms with van der Waals surface area (Å²) in [6, 6.07) is 8.91. The second kappa shape index (κ2) is 4.30. The molecule has 0 saturated carbocycles. The summed E-state index contributed by atoms with van der Waals surface area (Å²) >= 11 is 0.